The highest BCUT2D eigenvalue weighted by atomic mass is 32.2. The maximum atomic E-state index is 13.1. The molecule has 0 bridgehead atoms. The number of hydrazone groups is 1. The molecule has 0 spiro atoms. The molecule has 3 rings (SSSR count). The second-order valence-corrected chi connectivity index (χ2v) is 8.45. The minimum absolute atomic E-state index is 0.193. The maximum absolute atomic E-state index is 13.1. The molecular weight excluding hydrogens is 368 g/mol. The number of benzene rings is 3. The van der Waals surface area contributed by atoms with Crippen LogP contribution in [-0.4, -0.2) is 19.0 Å². The lowest BCUT2D eigenvalue weighted by Gasteiger charge is -2.19. The van der Waals surface area contributed by atoms with Crippen LogP contribution in [0.3, 0.4) is 0 Å². The van der Waals surface area contributed by atoms with E-state index in [0.29, 0.717) is 6.42 Å². The highest BCUT2D eigenvalue weighted by Crippen LogP contribution is 2.19. The van der Waals surface area contributed by atoms with Crippen LogP contribution in [0.4, 0.5) is 0 Å². The summed E-state index contributed by atoms with van der Waals surface area (Å²) in [5, 5.41) is 4.32. The molecule has 0 unspecified atom stereocenters. The van der Waals surface area contributed by atoms with E-state index in [1.807, 2.05) is 55.5 Å². The van der Waals surface area contributed by atoms with E-state index in [4.69, 9.17) is 0 Å². The third-order valence-corrected chi connectivity index (χ3v) is 6.02. The van der Waals surface area contributed by atoms with Crippen LogP contribution in [0.15, 0.2) is 94.9 Å². The van der Waals surface area contributed by atoms with Crippen molar-refractivity contribution in [1.82, 2.24) is 4.41 Å². The first-order valence-corrected chi connectivity index (χ1v) is 10.7. The standard InChI is InChI=1S/C23H24N2O2S/c1-20-14-16-23(17-15-20)28(26,27)25(19-22-11-6-3-7-12-22)24-18-8-13-21-9-4-2-5-10-21/h2-7,9-12,14-18H,8,13,19H2,1H3/b24-18+. The fraction of sp³-hybridized carbons (Fsp3) is 0.174. The van der Waals surface area contributed by atoms with Crippen LogP contribution in [0.5, 0.6) is 0 Å². The van der Waals surface area contributed by atoms with E-state index in [9.17, 15) is 8.42 Å². The van der Waals surface area contributed by atoms with E-state index in [0.717, 1.165) is 17.5 Å². The molecule has 0 fully saturated rings. The van der Waals surface area contributed by atoms with Gasteiger partial charge in [-0.25, -0.2) is 0 Å². The zero-order valence-corrected chi connectivity index (χ0v) is 16.7. The van der Waals surface area contributed by atoms with Gasteiger partial charge in [0.25, 0.3) is 10.0 Å². The molecule has 0 atom stereocenters. The van der Waals surface area contributed by atoms with E-state index in [1.54, 1.807) is 30.5 Å². The lowest BCUT2D eigenvalue weighted by molar-refractivity contribution is 0.426. The third-order valence-electron chi connectivity index (χ3n) is 4.37. The van der Waals surface area contributed by atoms with Crippen LogP contribution < -0.4 is 0 Å². The van der Waals surface area contributed by atoms with Crippen molar-refractivity contribution in [3.63, 3.8) is 0 Å². The van der Waals surface area contributed by atoms with Crippen molar-refractivity contribution in [2.45, 2.75) is 31.2 Å². The Bertz CT molecular complexity index is 999. The summed E-state index contributed by atoms with van der Waals surface area (Å²) in [5.74, 6) is 0. The van der Waals surface area contributed by atoms with Crippen LogP contribution in [-0.2, 0) is 23.0 Å². The van der Waals surface area contributed by atoms with E-state index < -0.39 is 10.0 Å². The van der Waals surface area contributed by atoms with Gasteiger partial charge in [-0.3, -0.25) is 0 Å². The SMILES string of the molecule is Cc1ccc(S(=O)(=O)N(Cc2ccccc2)/N=C/CCc2ccccc2)cc1. The van der Waals surface area contributed by atoms with Crippen LogP contribution in [0.1, 0.15) is 23.1 Å². The predicted octanol–water partition coefficient (Wildman–Crippen LogP) is 4.80. The molecule has 0 aliphatic rings. The van der Waals surface area contributed by atoms with Crippen molar-refractivity contribution >= 4 is 16.2 Å². The fourth-order valence-corrected chi connectivity index (χ4v) is 4.02. The summed E-state index contributed by atoms with van der Waals surface area (Å²) in [6.45, 7) is 2.12. The summed E-state index contributed by atoms with van der Waals surface area (Å²) in [6.07, 6.45) is 3.16. The van der Waals surface area contributed by atoms with Gasteiger partial charge < -0.3 is 0 Å². The molecule has 3 aromatic carbocycles. The van der Waals surface area contributed by atoms with Crippen molar-refractivity contribution in [3.8, 4) is 0 Å². The predicted molar refractivity (Wildman–Crippen MR) is 114 cm³/mol. The number of aryl methyl sites for hydroxylation is 2. The molecule has 5 heteroatoms. The molecule has 0 aliphatic heterocycles. The molecular formula is C23H24N2O2S. The number of sulfonamides is 1. The number of nitrogens with zero attached hydrogens (tertiary/aromatic N) is 2. The Balaban J connectivity index is 1.80. The Morgan fingerprint density at radius 1 is 0.821 bits per heavy atom. The van der Waals surface area contributed by atoms with Gasteiger partial charge in [-0.15, -0.1) is 0 Å². The average molecular weight is 393 g/mol. The maximum Gasteiger partial charge on any atom is 0.279 e. The van der Waals surface area contributed by atoms with Crippen molar-refractivity contribution in [2.75, 3.05) is 0 Å². The van der Waals surface area contributed by atoms with Crippen LogP contribution >= 0.6 is 0 Å². The molecule has 4 nitrogen and oxygen atoms in total. The van der Waals surface area contributed by atoms with E-state index in [1.165, 1.54) is 9.98 Å². The average Bonchev–Trinajstić information content (AvgIpc) is 2.72. The van der Waals surface area contributed by atoms with Crippen LogP contribution in [0.2, 0.25) is 0 Å². The summed E-state index contributed by atoms with van der Waals surface area (Å²) in [6, 6.07) is 26.4. The minimum atomic E-state index is -3.73. The summed E-state index contributed by atoms with van der Waals surface area (Å²) < 4.78 is 27.4. The Labute approximate surface area is 167 Å². The zero-order chi connectivity index (χ0) is 19.8. The molecule has 0 saturated carbocycles. The topological polar surface area (TPSA) is 49.7 Å². The molecule has 0 saturated heterocycles. The first-order chi connectivity index (χ1) is 13.6. The molecule has 28 heavy (non-hydrogen) atoms. The van der Waals surface area contributed by atoms with Gasteiger partial charge in [0.2, 0.25) is 0 Å². The smallest absolute Gasteiger partial charge is 0.200 e. The molecule has 0 aromatic heterocycles. The summed E-state index contributed by atoms with van der Waals surface area (Å²) in [5.41, 5.74) is 3.10. The Kier molecular flexibility index (Phi) is 6.61. The van der Waals surface area contributed by atoms with Crippen LogP contribution in [0, 0.1) is 6.92 Å². The second kappa shape index (κ2) is 9.33. The Hall–Kier alpha value is -2.92. The number of hydrogen-bond donors (Lipinski definition) is 0. The lowest BCUT2D eigenvalue weighted by atomic mass is 10.1. The second-order valence-electron chi connectivity index (χ2n) is 6.61. The summed E-state index contributed by atoms with van der Waals surface area (Å²) in [7, 11) is -3.73. The summed E-state index contributed by atoms with van der Waals surface area (Å²) in [4.78, 5) is 0.245. The zero-order valence-electron chi connectivity index (χ0n) is 15.9. The van der Waals surface area contributed by atoms with Gasteiger partial charge in [0.05, 0.1) is 11.4 Å². The van der Waals surface area contributed by atoms with Gasteiger partial charge in [-0.05, 0) is 43.0 Å². The molecule has 144 valence electrons. The van der Waals surface area contributed by atoms with E-state index >= 15 is 0 Å². The minimum Gasteiger partial charge on any atom is -0.200 e. The van der Waals surface area contributed by atoms with E-state index in [2.05, 4.69) is 17.2 Å². The van der Waals surface area contributed by atoms with E-state index in [-0.39, 0.29) is 11.4 Å². The first-order valence-electron chi connectivity index (χ1n) is 9.25. The third kappa shape index (κ3) is 5.30. The van der Waals surface area contributed by atoms with Gasteiger partial charge in [0.1, 0.15) is 0 Å². The molecule has 0 heterocycles. The quantitative estimate of drug-likeness (QED) is 0.408. The molecule has 3 aromatic rings. The van der Waals surface area contributed by atoms with Crippen LogP contribution in [0.25, 0.3) is 0 Å². The Morgan fingerprint density at radius 3 is 2.00 bits per heavy atom. The molecule has 0 N–H and O–H groups in total. The first kappa shape index (κ1) is 19.8. The van der Waals surface area contributed by atoms with Crippen molar-refractivity contribution in [3.05, 3.63) is 102 Å². The molecule has 0 radical (unpaired) electrons. The van der Waals surface area contributed by atoms with Gasteiger partial charge in [0, 0.05) is 6.21 Å². The van der Waals surface area contributed by atoms with Gasteiger partial charge in [0.15, 0.2) is 0 Å². The summed E-state index contributed by atoms with van der Waals surface area (Å²) >= 11 is 0. The van der Waals surface area contributed by atoms with Crippen molar-refractivity contribution in [1.29, 1.82) is 0 Å². The monoisotopic (exact) mass is 392 g/mol. The largest absolute Gasteiger partial charge is 0.279 e. The van der Waals surface area contributed by atoms with Gasteiger partial charge in [-0.1, -0.05) is 78.4 Å². The van der Waals surface area contributed by atoms with Gasteiger partial charge >= 0.3 is 0 Å². The molecule has 0 aliphatic carbocycles. The van der Waals surface area contributed by atoms with Crippen molar-refractivity contribution in [2.24, 2.45) is 5.10 Å². The highest BCUT2D eigenvalue weighted by molar-refractivity contribution is 7.89. The highest BCUT2D eigenvalue weighted by Gasteiger charge is 2.23. The van der Waals surface area contributed by atoms with Crippen molar-refractivity contribution < 1.29 is 8.42 Å². The number of rotatable bonds is 8. The Morgan fingerprint density at radius 2 is 1.39 bits per heavy atom. The normalized spacial score (nSPS) is 11.6. The fourth-order valence-electron chi connectivity index (χ4n) is 2.78. The molecule has 0 amide bonds. The lowest BCUT2D eigenvalue weighted by Crippen LogP contribution is -2.26. The number of hydrogen-bond acceptors (Lipinski definition) is 3. The van der Waals surface area contributed by atoms with Gasteiger partial charge in [-0.2, -0.15) is 17.9 Å².